The molecule has 3 N–H and O–H groups in total. The van der Waals surface area contributed by atoms with Crippen molar-refractivity contribution in [3.8, 4) is 0 Å². The molecule has 0 heterocycles. The molecule has 114 heavy (non-hydrogen) atoms. The summed E-state index contributed by atoms with van der Waals surface area (Å²) in [6.07, 6.45) is 85.0. The third-order valence-corrected chi connectivity index (χ3v) is 24.8. The number of aliphatic hydroxyl groups is 1. The zero-order valence-electron chi connectivity index (χ0n) is 75.2. The SMILES string of the molecule is CCCCCCCCCCCCCCCCCCCCCCCCC(=O)O[C@H](COC(=O)CCCCCCCCCCCCCCCCCCCCCCC)COP(=O)(O)OC[C@@H](O)COP(=O)(O)OC[C@@H](COC(=O)CCCCCCCCCCC(C)CC)OC(=O)CCCCCCCCCCCCCCCCCCCCC. The summed E-state index contributed by atoms with van der Waals surface area (Å²) in [5.41, 5.74) is 0. The van der Waals surface area contributed by atoms with Gasteiger partial charge in [-0.1, -0.05) is 471 Å². The molecule has 0 bridgehead atoms. The number of rotatable bonds is 95. The number of phosphoric ester groups is 2. The van der Waals surface area contributed by atoms with Crippen LogP contribution in [0.1, 0.15) is 523 Å². The van der Waals surface area contributed by atoms with Gasteiger partial charge in [0.05, 0.1) is 26.4 Å². The van der Waals surface area contributed by atoms with Crippen LogP contribution < -0.4 is 0 Å². The molecule has 0 aliphatic carbocycles. The molecular formula is C95H186O17P2. The number of carbonyl (C=O) groups is 4. The van der Waals surface area contributed by atoms with Gasteiger partial charge < -0.3 is 33.8 Å². The minimum atomic E-state index is -4.97. The van der Waals surface area contributed by atoms with Gasteiger partial charge in [0.25, 0.3) is 0 Å². The zero-order valence-corrected chi connectivity index (χ0v) is 77.0. The quantitative estimate of drug-likeness (QED) is 0.0222. The van der Waals surface area contributed by atoms with Crippen molar-refractivity contribution in [3.05, 3.63) is 0 Å². The van der Waals surface area contributed by atoms with E-state index in [1.165, 1.54) is 347 Å². The van der Waals surface area contributed by atoms with Crippen molar-refractivity contribution in [2.24, 2.45) is 5.92 Å². The second-order valence-corrected chi connectivity index (χ2v) is 37.3. The number of unbranched alkanes of at least 4 members (excludes halogenated alkanes) is 66. The van der Waals surface area contributed by atoms with Crippen molar-refractivity contribution in [1.29, 1.82) is 0 Å². The van der Waals surface area contributed by atoms with Crippen molar-refractivity contribution in [1.82, 2.24) is 0 Å². The first-order chi connectivity index (χ1) is 55.6. The number of esters is 4. The molecule has 0 saturated carbocycles. The summed E-state index contributed by atoms with van der Waals surface area (Å²) >= 11 is 0. The molecule has 6 atom stereocenters. The molecule has 0 saturated heterocycles. The normalized spacial score (nSPS) is 13.9. The summed E-state index contributed by atoms with van der Waals surface area (Å²) in [6.45, 7) is 7.42. The summed E-state index contributed by atoms with van der Waals surface area (Å²) in [5, 5.41) is 10.7. The van der Waals surface area contributed by atoms with Crippen LogP contribution in [-0.2, 0) is 65.4 Å². The largest absolute Gasteiger partial charge is 0.472 e. The van der Waals surface area contributed by atoms with Gasteiger partial charge in [0.2, 0.25) is 0 Å². The Balaban J connectivity index is 5.24. The van der Waals surface area contributed by atoms with E-state index in [4.69, 9.17) is 37.0 Å². The molecule has 0 spiro atoms. The molecule has 678 valence electrons. The Morgan fingerprint density at radius 3 is 0.623 bits per heavy atom. The van der Waals surface area contributed by atoms with Gasteiger partial charge in [0.1, 0.15) is 19.3 Å². The maximum atomic E-state index is 13.2. The molecule has 0 aromatic heterocycles. The fraction of sp³-hybridized carbons (Fsp3) is 0.958. The minimum Gasteiger partial charge on any atom is -0.462 e. The Hall–Kier alpha value is -1.94. The summed E-state index contributed by atoms with van der Waals surface area (Å²) in [7, 11) is -9.94. The van der Waals surface area contributed by atoms with E-state index in [1.54, 1.807) is 0 Å². The first-order valence-electron chi connectivity index (χ1n) is 49.2. The molecule has 0 aliphatic rings. The molecule has 0 aromatic rings. The Morgan fingerprint density at radius 2 is 0.421 bits per heavy atom. The monoisotopic (exact) mass is 1660 g/mol. The first-order valence-corrected chi connectivity index (χ1v) is 52.2. The second kappa shape index (κ2) is 87.4. The van der Waals surface area contributed by atoms with Gasteiger partial charge in [-0.3, -0.25) is 37.3 Å². The first kappa shape index (κ1) is 112. The lowest BCUT2D eigenvalue weighted by atomic mass is 9.99. The van der Waals surface area contributed by atoms with E-state index in [0.717, 1.165) is 95.8 Å². The Morgan fingerprint density at radius 1 is 0.246 bits per heavy atom. The number of hydrogen-bond acceptors (Lipinski definition) is 15. The van der Waals surface area contributed by atoms with Crippen LogP contribution in [0.5, 0.6) is 0 Å². The maximum absolute atomic E-state index is 13.2. The predicted octanol–water partition coefficient (Wildman–Crippen LogP) is 29.9. The fourth-order valence-corrected chi connectivity index (χ4v) is 16.6. The van der Waals surface area contributed by atoms with Crippen molar-refractivity contribution >= 4 is 39.5 Å². The molecule has 0 aliphatic heterocycles. The van der Waals surface area contributed by atoms with Crippen LogP contribution >= 0.6 is 15.6 Å². The highest BCUT2D eigenvalue weighted by molar-refractivity contribution is 7.47. The van der Waals surface area contributed by atoms with Crippen LogP contribution in [0, 0.1) is 5.92 Å². The molecule has 19 heteroatoms. The molecule has 0 radical (unpaired) electrons. The maximum Gasteiger partial charge on any atom is 0.472 e. The van der Waals surface area contributed by atoms with Gasteiger partial charge in [-0.15, -0.1) is 0 Å². The summed E-state index contributed by atoms with van der Waals surface area (Å²) in [4.78, 5) is 73.6. The highest BCUT2D eigenvalue weighted by atomic mass is 31.2. The van der Waals surface area contributed by atoms with Gasteiger partial charge in [0.15, 0.2) is 12.2 Å². The summed E-state index contributed by atoms with van der Waals surface area (Å²) < 4.78 is 69.2. The van der Waals surface area contributed by atoms with Gasteiger partial charge in [-0.25, -0.2) is 9.13 Å². The van der Waals surface area contributed by atoms with Gasteiger partial charge in [0, 0.05) is 25.7 Å². The predicted molar refractivity (Wildman–Crippen MR) is 474 cm³/mol. The second-order valence-electron chi connectivity index (χ2n) is 34.4. The van der Waals surface area contributed by atoms with Gasteiger partial charge >= 0.3 is 39.5 Å². The third kappa shape index (κ3) is 86.4. The van der Waals surface area contributed by atoms with E-state index in [-0.39, 0.29) is 25.7 Å². The van der Waals surface area contributed by atoms with Gasteiger partial charge in [-0.05, 0) is 31.6 Å². The minimum absolute atomic E-state index is 0.109. The standard InChI is InChI=1S/C95H186O17P2/c1-6-10-13-16-19-22-25-28-31-34-37-39-41-44-47-50-53-56-59-66-71-75-80-94(99)111-90(84-105-92(97)78-73-68-63-57-54-51-48-45-43-40-38-35-32-29-26-23-20-17-14-11-7-2)86-109-113(101,102)107-82-89(96)83-108-114(103,104)110-87-91(85-106-93(98)79-74-69-64-61-60-62-67-72-77-88(5)9-4)112-95(100)81-76-70-65-58-55-52-49-46-42-36-33-30-27-24-21-18-15-12-8-3/h88-91,96H,6-87H2,1-5H3,(H,101,102)(H,103,104)/t88?,89-,90-,91-/m1/s1. The van der Waals surface area contributed by atoms with Crippen LogP contribution in [0.4, 0.5) is 0 Å². The Bertz CT molecular complexity index is 2150. The van der Waals surface area contributed by atoms with E-state index < -0.39 is 97.5 Å². The Kier molecular flexibility index (Phi) is 85.9. The molecule has 3 unspecified atom stereocenters. The number of hydrogen-bond donors (Lipinski definition) is 3. The number of carbonyl (C=O) groups excluding carboxylic acids is 4. The van der Waals surface area contributed by atoms with Crippen LogP contribution in [0.3, 0.4) is 0 Å². The van der Waals surface area contributed by atoms with Crippen molar-refractivity contribution < 1.29 is 80.2 Å². The number of aliphatic hydroxyl groups excluding tert-OH is 1. The van der Waals surface area contributed by atoms with E-state index in [9.17, 15) is 43.2 Å². The molecule has 0 amide bonds. The molecule has 17 nitrogen and oxygen atoms in total. The Labute approximate surface area is 702 Å². The molecule has 0 rings (SSSR count). The highest BCUT2D eigenvalue weighted by Crippen LogP contribution is 2.45. The highest BCUT2D eigenvalue weighted by Gasteiger charge is 2.31. The van der Waals surface area contributed by atoms with E-state index in [1.807, 2.05) is 0 Å². The molecular weight excluding hydrogens is 1470 g/mol. The lowest BCUT2D eigenvalue weighted by molar-refractivity contribution is -0.161. The zero-order chi connectivity index (χ0) is 83.3. The lowest BCUT2D eigenvalue weighted by Gasteiger charge is -2.21. The smallest absolute Gasteiger partial charge is 0.462 e. The average molecular weight is 1660 g/mol. The van der Waals surface area contributed by atoms with E-state index >= 15 is 0 Å². The van der Waals surface area contributed by atoms with Crippen molar-refractivity contribution in [2.45, 2.75) is 541 Å². The van der Waals surface area contributed by atoms with Crippen LogP contribution in [-0.4, -0.2) is 96.7 Å². The van der Waals surface area contributed by atoms with E-state index in [0.29, 0.717) is 25.7 Å². The number of phosphoric acid groups is 2. The van der Waals surface area contributed by atoms with Crippen LogP contribution in [0.2, 0.25) is 0 Å². The molecule has 0 aromatic carbocycles. The number of ether oxygens (including phenoxy) is 4. The topological polar surface area (TPSA) is 237 Å². The molecule has 0 fully saturated rings. The third-order valence-electron chi connectivity index (χ3n) is 22.9. The van der Waals surface area contributed by atoms with Crippen LogP contribution in [0.15, 0.2) is 0 Å². The van der Waals surface area contributed by atoms with Gasteiger partial charge in [-0.2, -0.15) is 0 Å². The van der Waals surface area contributed by atoms with Crippen LogP contribution in [0.25, 0.3) is 0 Å². The van der Waals surface area contributed by atoms with Crippen molar-refractivity contribution in [3.63, 3.8) is 0 Å². The van der Waals surface area contributed by atoms with E-state index in [2.05, 4.69) is 34.6 Å². The summed E-state index contributed by atoms with van der Waals surface area (Å²) in [6, 6.07) is 0. The lowest BCUT2D eigenvalue weighted by Crippen LogP contribution is -2.30. The fourth-order valence-electron chi connectivity index (χ4n) is 15.0. The summed E-state index contributed by atoms with van der Waals surface area (Å²) in [5.74, 6) is -1.31. The average Bonchev–Trinajstić information content (AvgIpc) is 0.884. The van der Waals surface area contributed by atoms with Crippen molar-refractivity contribution in [2.75, 3.05) is 39.6 Å².